The van der Waals surface area contributed by atoms with Gasteiger partial charge in [0.25, 0.3) is 5.91 Å². The van der Waals surface area contributed by atoms with E-state index in [9.17, 15) is 9.90 Å². The van der Waals surface area contributed by atoms with Gasteiger partial charge in [0, 0.05) is 25.2 Å². The number of nitrogens with one attached hydrogen (secondary N) is 1. The fourth-order valence-electron chi connectivity index (χ4n) is 3.20. The van der Waals surface area contributed by atoms with Crippen molar-refractivity contribution in [3.63, 3.8) is 0 Å². The molecule has 3 atom stereocenters. The Bertz CT molecular complexity index is 493. The first-order chi connectivity index (χ1) is 9.19. The number of carbonyl (C=O) groups is 1. The molecule has 1 aromatic heterocycles. The molecule has 2 aliphatic rings. The number of pyridine rings is 1. The van der Waals surface area contributed by atoms with Crippen LogP contribution in [0, 0.1) is 11.8 Å². The molecule has 4 N–H and O–H groups in total. The molecule has 1 aliphatic carbocycles. The number of nitrogens with zero attached hydrogens (tertiary/aromatic N) is 2. The van der Waals surface area contributed by atoms with E-state index in [2.05, 4.69) is 10.4 Å². The topological polar surface area (TPSA) is 91.5 Å². The zero-order valence-electron chi connectivity index (χ0n) is 10.6. The molecule has 6 nitrogen and oxygen atoms in total. The van der Waals surface area contributed by atoms with Crippen molar-refractivity contribution in [2.24, 2.45) is 17.7 Å². The second kappa shape index (κ2) is 4.79. The van der Waals surface area contributed by atoms with Crippen molar-refractivity contribution in [3.8, 4) is 0 Å². The van der Waals surface area contributed by atoms with Gasteiger partial charge in [-0.3, -0.25) is 15.6 Å². The van der Waals surface area contributed by atoms with Crippen molar-refractivity contribution in [1.29, 1.82) is 0 Å². The monoisotopic (exact) mass is 262 g/mol. The number of amides is 1. The SMILES string of the molecule is NNc1ccnc(C(=O)N2CC3CCC(O)C3C2)c1. The molecule has 2 fully saturated rings. The molecular weight excluding hydrogens is 244 g/mol. The lowest BCUT2D eigenvalue weighted by Gasteiger charge is -2.18. The van der Waals surface area contributed by atoms with E-state index >= 15 is 0 Å². The predicted molar refractivity (Wildman–Crippen MR) is 70.2 cm³/mol. The summed E-state index contributed by atoms with van der Waals surface area (Å²) in [5.74, 6) is 5.92. The number of nitrogen functional groups attached to an aromatic ring is 1. The average Bonchev–Trinajstić information content (AvgIpc) is 3.01. The summed E-state index contributed by atoms with van der Waals surface area (Å²) in [6.07, 6.45) is 3.18. The van der Waals surface area contributed by atoms with E-state index in [4.69, 9.17) is 5.84 Å². The van der Waals surface area contributed by atoms with Crippen molar-refractivity contribution < 1.29 is 9.90 Å². The quantitative estimate of drug-likeness (QED) is 0.523. The Morgan fingerprint density at radius 3 is 3.05 bits per heavy atom. The maximum absolute atomic E-state index is 12.4. The van der Waals surface area contributed by atoms with Gasteiger partial charge in [-0.15, -0.1) is 0 Å². The van der Waals surface area contributed by atoms with E-state index in [1.807, 2.05) is 0 Å². The highest BCUT2D eigenvalue weighted by Crippen LogP contribution is 2.38. The van der Waals surface area contributed by atoms with E-state index in [1.54, 1.807) is 23.2 Å². The van der Waals surface area contributed by atoms with Crippen molar-refractivity contribution in [2.45, 2.75) is 18.9 Å². The highest BCUT2D eigenvalue weighted by Gasteiger charge is 2.43. The van der Waals surface area contributed by atoms with Gasteiger partial charge in [-0.2, -0.15) is 0 Å². The first kappa shape index (κ1) is 12.4. The van der Waals surface area contributed by atoms with Gasteiger partial charge in [-0.05, 0) is 30.9 Å². The fourth-order valence-corrected chi connectivity index (χ4v) is 3.20. The van der Waals surface area contributed by atoms with E-state index in [0.717, 1.165) is 19.4 Å². The fraction of sp³-hybridized carbons (Fsp3) is 0.538. The zero-order valence-corrected chi connectivity index (χ0v) is 10.6. The van der Waals surface area contributed by atoms with Crippen LogP contribution < -0.4 is 11.3 Å². The lowest BCUT2D eigenvalue weighted by atomic mass is 10.00. The van der Waals surface area contributed by atoms with Crippen molar-refractivity contribution in [2.75, 3.05) is 18.5 Å². The highest BCUT2D eigenvalue weighted by atomic mass is 16.3. The Kier molecular flexibility index (Phi) is 3.12. The molecular formula is C13H18N4O2. The maximum Gasteiger partial charge on any atom is 0.272 e. The number of nitrogens with two attached hydrogens (primary N) is 1. The van der Waals surface area contributed by atoms with Crippen LogP contribution in [0.5, 0.6) is 0 Å². The van der Waals surface area contributed by atoms with E-state index < -0.39 is 0 Å². The molecule has 0 radical (unpaired) electrons. The predicted octanol–water partition coefficient (Wildman–Crippen LogP) is 0.210. The van der Waals surface area contributed by atoms with Crippen LogP contribution in [0.1, 0.15) is 23.3 Å². The Hall–Kier alpha value is -1.66. The number of hydrazine groups is 1. The van der Waals surface area contributed by atoms with Gasteiger partial charge >= 0.3 is 0 Å². The highest BCUT2D eigenvalue weighted by molar-refractivity contribution is 5.93. The molecule has 0 aromatic carbocycles. The summed E-state index contributed by atoms with van der Waals surface area (Å²) in [4.78, 5) is 18.3. The van der Waals surface area contributed by atoms with Crippen molar-refractivity contribution in [1.82, 2.24) is 9.88 Å². The zero-order chi connectivity index (χ0) is 13.4. The summed E-state index contributed by atoms with van der Waals surface area (Å²) >= 11 is 0. The second-order valence-electron chi connectivity index (χ2n) is 5.35. The molecule has 2 heterocycles. The van der Waals surface area contributed by atoms with Gasteiger partial charge < -0.3 is 15.4 Å². The number of rotatable bonds is 2. The van der Waals surface area contributed by atoms with Gasteiger partial charge in [0.15, 0.2) is 0 Å². The Balaban J connectivity index is 1.74. The number of fused-ring (bicyclic) bond motifs is 1. The Labute approximate surface area is 111 Å². The molecule has 6 heteroatoms. The van der Waals surface area contributed by atoms with Crippen LogP contribution in [-0.4, -0.2) is 40.1 Å². The van der Waals surface area contributed by atoms with Crippen molar-refractivity contribution >= 4 is 11.6 Å². The molecule has 3 unspecified atom stereocenters. The summed E-state index contributed by atoms with van der Waals surface area (Å²) < 4.78 is 0. The van der Waals surface area contributed by atoms with E-state index in [-0.39, 0.29) is 17.9 Å². The number of likely N-dealkylation sites (tertiary alicyclic amines) is 1. The summed E-state index contributed by atoms with van der Waals surface area (Å²) in [7, 11) is 0. The lowest BCUT2D eigenvalue weighted by Crippen LogP contribution is -2.31. The number of aromatic nitrogens is 1. The molecule has 19 heavy (non-hydrogen) atoms. The summed E-state index contributed by atoms with van der Waals surface area (Å²) in [5.41, 5.74) is 3.57. The van der Waals surface area contributed by atoms with E-state index in [1.165, 1.54) is 0 Å². The summed E-state index contributed by atoms with van der Waals surface area (Å²) in [6.45, 7) is 1.36. The average molecular weight is 262 g/mol. The molecule has 3 rings (SSSR count). The van der Waals surface area contributed by atoms with Crippen LogP contribution in [0.2, 0.25) is 0 Å². The minimum absolute atomic E-state index is 0.0845. The number of carbonyl (C=O) groups excluding carboxylic acids is 1. The third-order valence-electron chi connectivity index (χ3n) is 4.25. The van der Waals surface area contributed by atoms with Crippen LogP contribution in [0.3, 0.4) is 0 Å². The van der Waals surface area contributed by atoms with Crippen LogP contribution >= 0.6 is 0 Å². The Morgan fingerprint density at radius 2 is 2.32 bits per heavy atom. The molecule has 0 spiro atoms. The largest absolute Gasteiger partial charge is 0.393 e. The lowest BCUT2D eigenvalue weighted by molar-refractivity contribution is 0.0747. The third-order valence-corrected chi connectivity index (χ3v) is 4.25. The van der Waals surface area contributed by atoms with E-state index in [0.29, 0.717) is 23.8 Å². The van der Waals surface area contributed by atoms with Crippen molar-refractivity contribution in [3.05, 3.63) is 24.0 Å². The molecule has 1 aliphatic heterocycles. The van der Waals surface area contributed by atoms with Gasteiger partial charge in [-0.1, -0.05) is 0 Å². The van der Waals surface area contributed by atoms with Crippen LogP contribution in [0.15, 0.2) is 18.3 Å². The second-order valence-corrected chi connectivity index (χ2v) is 5.35. The minimum Gasteiger partial charge on any atom is -0.393 e. The first-order valence-electron chi connectivity index (χ1n) is 6.59. The summed E-state index contributed by atoms with van der Waals surface area (Å²) in [6, 6.07) is 3.35. The molecule has 1 saturated heterocycles. The number of anilines is 1. The molecule has 102 valence electrons. The minimum atomic E-state index is -0.257. The van der Waals surface area contributed by atoms with Crippen LogP contribution in [0.4, 0.5) is 5.69 Å². The third kappa shape index (κ3) is 2.17. The number of aliphatic hydroxyl groups is 1. The van der Waals surface area contributed by atoms with Gasteiger partial charge in [-0.25, -0.2) is 0 Å². The Morgan fingerprint density at radius 1 is 1.47 bits per heavy atom. The van der Waals surface area contributed by atoms with Gasteiger partial charge in [0.05, 0.1) is 11.8 Å². The maximum atomic E-state index is 12.4. The summed E-state index contributed by atoms with van der Waals surface area (Å²) in [5, 5.41) is 9.87. The molecule has 1 saturated carbocycles. The molecule has 0 bridgehead atoms. The first-order valence-corrected chi connectivity index (χ1v) is 6.59. The van der Waals surface area contributed by atoms with Gasteiger partial charge in [0.2, 0.25) is 0 Å². The number of hydrogen-bond donors (Lipinski definition) is 3. The smallest absolute Gasteiger partial charge is 0.272 e. The standard InChI is InChI=1S/C13H18N4O2/c14-16-9-3-4-15-11(5-9)13(19)17-6-8-1-2-12(18)10(8)7-17/h3-5,8,10,12,18H,1-2,6-7,14H2,(H,15,16). The van der Waals surface area contributed by atoms with Crippen LogP contribution in [0.25, 0.3) is 0 Å². The number of aliphatic hydroxyl groups excluding tert-OH is 1. The van der Waals surface area contributed by atoms with Crippen LogP contribution in [-0.2, 0) is 0 Å². The normalized spacial score (nSPS) is 29.4. The van der Waals surface area contributed by atoms with Gasteiger partial charge in [0.1, 0.15) is 5.69 Å². The number of hydrogen-bond acceptors (Lipinski definition) is 5. The molecule has 1 amide bonds. The molecule has 1 aromatic rings.